The SMILES string of the molecule is O=C(ONS(=O)(=O)c1cccc(CN(c2ccc3[nH]ccc3c2)C2CCNCC2)c1)C(F)(F)F. The highest BCUT2D eigenvalue weighted by molar-refractivity contribution is 7.89. The molecule has 1 aliphatic rings. The summed E-state index contributed by atoms with van der Waals surface area (Å²) >= 11 is 0. The number of anilines is 1. The quantitative estimate of drug-likeness (QED) is 0.434. The molecule has 12 heteroatoms. The number of aromatic nitrogens is 1. The van der Waals surface area contributed by atoms with Gasteiger partial charge in [-0.2, -0.15) is 13.2 Å². The van der Waals surface area contributed by atoms with E-state index in [1.54, 1.807) is 6.07 Å². The maximum Gasteiger partial charge on any atom is 0.492 e. The van der Waals surface area contributed by atoms with Gasteiger partial charge in [0.1, 0.15) is 0 Å². The lowest BCUT2D eigenvalue weighted by atomic mass is 10.0. The van der Waals surface area contributed by atoms with Crippen LogP contribution in [0.5, 0.6) is 0 Å². The van der Waals surface area contributed by atoms with Gasteiger partial charge in [-0.3, -0.25) is 0 Å². The first-order valence-electron chi connectivity index (χ1n) is 10.6. The molecular formula is C22H23F3N4O4S. The van der Waals surface area contributed by atoms with Gasteiger partial charge in [0, 0.05) is 35.4 Å². The molecule has 0 spiro atoms. The fourth-order valence-electron chi connectivity index (χ4n) is 3.98. The van der Waals surface area contributed by atoms with Crippen molar-refractivity contribution in [2.24, 2.45) is 0 Å². The average Bonchev–Trinajstić information content (AvgIpc) is 3.29. The Morgan fingerprint density at radius 3 is 2.62 bits per heavy atom. The van der Waals surface area contributed by atoms with Crippen molar-refractivity contribution < 1.29 is 31.2 Å². The lowest BCUT2D eigenvalue weighted by Crippen LogP contribution is -2.43. The molecule has 1 saturated heterocycles. The minimum atomic E-state index is -5.32. The van der Waals surface area contributed by atoms with Crippen molar-refractivity contribution in [3.05, 3.63) is 60.3 Å². The maximum absolute atomic E-state index is 12.4. The smallest absolute Gasteiger partial charge is 0.364 e. The molecule has 3 aromatic rings. The van der Waals surface area contributed by atoms with Crippen molar-refractivity contribution in [1.29, 1.82) is 0 Å². The van der Waals surface area contributed by atoms with E-state index < -0.39 is 22.2 Å². The highest BCUT2D eigenvalue weighted by Crippen LogP contribution is 2.28. The number of nitrogens with zero attached hydrogens (tertiary/aromatic N) is 1. The number of fused-ring (bicyclic) bond motifs is 1. The maximum atomic E-state index is 12.4. The molecule has 0 unspecified atom stereocenters. The second-order valence-corrected chi connectivity index (χ2v) is 9.62. The van der Waals surface area contributed by atoms with E-state index >= 15 is 0 Å². The first kappa shape index (κ1) is 24.0. The average molecular weight is 497 g/mol. The van der Waals surface area contributed by atoms with Gasteiger partial charge in [-0.05, 0) is 72.8 Å². The Morgan fingerprint density at radius 1 is 1.12 bits per heavy atom. The molecule has 2 aromatic carbocycles. The van der Waals surface area contributed by atoms with Gasteiger partial charge in [0.05, 0.1) is 4.90 Å². The van der Waals surface area contributed by atoms with Gasteiger partial charge in [-0.25, -0.2) is 13.2 Å². The molecular weight excluding hydrogens is 473 g/mol. The first-order chi connectivity index (χ1) is 16.1. The third-order valence-electron chi connectivity index (χ3n) is 5.66. The van der Waals surface area contributed by atoms with Gasteiger partial charge in [-0.1, -0.05) is 12.1 Å². The number of carbonyl (C=O) groups is 1. The number of H-pyrrole nitrogens is 1. The van der Waals surface area contributed by atoms with E-state index in [1.807, 2.05) is 24.4 Å². The van der Waals surface area contributed by atoms with Crippen LogP contribution in [0.15, 0.2) is 59.6 Å². The van der Waals surface area contributed by atoms with Crippen LogP contribution in [0.3, 0.4) is 0 Å². The lowest BCUT2D eigenvalue weighted by molar-refractivity contribution is -0.203. The Labute approximate surface area is 194 Å². The minimum absolute atomic E-state index is 0.212. The molecule has 1 fully saturated rings. The van der Waals surface area contributed by atoms with Crippen LogP contribution in [0.25, 0.3) is 10.9 Å². The summed E-state index contributed by atoms with van der Waals surface area (Å²) in [6.07, 6.45) is -1.66. The largest absolute Gasteiger partial charge is 0.492 e. The Kier molecular flexibility index (Phi) is 6.82. The molecule has 0 radical (unpaired) electrons. The van der Waals surface area contributed by atoms with Crippen LogP contribution in [0.4, 0.5) is 18.9 Å². The zero-order chi connectivity index (χ0) is 24.3. The number of carbonyl (C=O) groups excluding carboxylic acids is 1. The summed E-state index contributed by atoms with van der Waals surface area (Å²) in [6.45, 7) is 2.10. The van der Waals surface area contributed by atoms with Crippen LogP contribution < -0.4 is 15.1 Å². The monoisotopic (exact) mass is 496 g/mol. The molecule has 0 bridgehead atoms. The summed E-state index contributed by atoms with van der Waals surface area (Å²) in [4.78, 5) is 20.9. The van der Waals surface area contributed by atoms with Gasteiger partial charge >= 0.3 is 12.1 Å². The summed E-state index contributed by atoms with van der Waals surface area (Å²) in [5.41, 5.74) is 2.61. The number of sulfonamides is 1. The molecule has 3 N–H and O–H groups in total. The van der Waals surface area contributed by atoms with E-state index in [4.69, 9.17) is 0 Å². The van der Waals surface area contributed by atoms with Crippen LogP contribution in [0.2, 0.25) is 0 Å². The Balaban J connectivity index is 1.58. The lowest BCUT2D eigenvalue weighted by Gasteiger charge is -2.36. The molecule has 0 amide bonds. The fraction of sp³-hybridized carbons (Fsp3) is 0.318. The number of nitrogens with one attached hydrogen (secondary N) is 3. The zero-order valence-corrected chi connectivity index (χ0v) is 18.7. The number of halogens is 3. The fourth-order valence-corrected chi connectivity index (χ4v) is 4.82. The van der Waals surface area contributed by atoms with Crippen molar-refractivity contribution in [2.45, 2.75) is 36.5 Å². The highest BCUT2D eigenvalue weighted by Gasteiger charge is 2.42. The Hall–Kier alpha value is -3.09. The topological polar surface area (TPSA) is 104 Å². The number of aromatic amines is 1. The number of hydrogen-bond donors (Lipinski definition) is 3. The van der Waals surface area contributed by atoms with Crippen molar-refractivity contribution in [3.63, 3.8) is 0 Å². The van der Waals surface area contributed by atoms with E-state index in [1.165, 1.54) is 23.1 Å². The molecule has 182 valence electrons. The highest BCUT2D eigenvalue weighted by atomic mass is 32.2. The van der Waals surface area contributed by atoms with Gasteiger partial charge in [0.2, 0.25) is 0 Å². The van der Waals surface area contributed by atoms with Gasteiger partial charge in [-0.15, -0.1) is 0 Å². The molecule has 2 heterocycles. The molecule has 0 atom stereocenters. The van der Waals surface area contributed by atoms with Crippen LogP contribution in [-0.2, 0) is 26.2 Å². The summed E-state index contributed by atoms with van der Waals surface area (Å²) in [6, 6.07) is 14.0. The molecule has 1 aromatic heterocycles. The second kappa shape index (κ2) is 9.65. The third-order valence-corrected chi connectivity index (χ3v) is 6.83. The summed E-state index contributed by atoms with van der Waals surface area (Å²) < 4.78 is 61.8. The molecule has 34 heavy (non-hydrogen) atoms. The first-order valence-corrected chi connectivity index (χ1v) is 12.0. The van der Waals surface area contributed by atoms with E-state index in [-0.39, 0.29) is 10.9 Å². The number of rotatable bonds is 7. The van der Waals surface area contributed by atoms with E-state index in [2.05, 4.69) is 26.1 Å². The molecule has 4 rings (SSSR count). The van der Waals surface area contributed by atoms with E-state index in [0.717, 1.165) is 42.5 Å². The van der Waals surface area contributed by atoms with Crippen molar-refractivity contribution >= 4 is 32.6 Å². The van der Waals surface area contributed by atoms with Crippen LogP contribution in [0, 0.1) is 0 Å². The molecule has 0 aliphatic carbocycles. The second-order valence-electron chi connectivity index (χ2n) is 7.98. The number of benzene rings is 2. The van der Waals surface area contributed by atoms with Crippen LogP contribution in [-0.4, -0.2) is 44.7 Å². The van der Waals surface area contributed by atoms with E-state index in [9.17, 15) is 26.4 Å². The van der Waals surface area contributed by atoms with Gasteiger partial charge < -0.3 is 20.0 Å². The Bertz CT molecular complexity index is 1270. The van der Waals surface area contributed by atoms with Crippen LogP contribution in [0.1, 0.15) is 18.4 Å². The van der Waals surface area contributed by atoms with Gasteiger partial charge in [0.15, 0.2) is 0 Å². The van der Waals surface area contributed by atoms with Crippen molar-refractivity contribution in [2.75, 3.05) is 18.0 Å². The predicted octanol–water partition coefficient (Wildman–Crippen LogP) is 3.23. The standard InChI is InChI=1S/C22H23F3N4O4S/c23-22(24,25)21(30)33-28-34(31,32)19-3-1-2-15(12-19)14-29(17-7-9-26-10-8-17)18-4-5-20-16(13-18)6-11-27-20/h1-6,11-13,17,26-28H,7-10,14H2. The van der Waals surface area contributed by atoms with E-state index in [0.29, 0.717) is 12.1 Å². The van der Waals surface area contributed by atoms with Gasteiger partial charge in [0.25, 0.3) is 10.0 Å². The van der Waals surface area contributed by atoms with Crippen LogP contribution >= 0.6 is 0 Å². The zero-order valence-electron chi connectivity index (χ0n) is 17.9. The van der Waals surface area contributed by atoms with Crippen molar-refractivity contribution in [3.8, 4) is 0 Å². The minimum Gasteiger partial charge on any atom is -0.364 e. The number of hydrogen-bond acceptors (Lipinski definition) is 6. The summed E-state index contributed by atoms with van der Waals surface area (Å²) in [7, 11) is -4.51. The molecule has 0 saturated carbocycles. The predicted molar refractivity (Wildman–Crippen MR) is 119 cm³/mol. The Morgan fingerprint density at radius 2 is 1.88 bits per heavy atom. The summed E-state index contributed by atoms with van der Waals surface area (Å²) in [5, 5.41) is 4.38. The van der Waals surface area contributed by atoms with Crippen molar-refractivity contribution in [1.82, 2.24) is 15.2 Å². The number of piperidine rings is 1. The number of alkyl halides is 3. The summed E-state index contributed by atoms with van der Waals surface area (Å²) in [5.74, 6) is -2.65. The molecule has 8 nitrogen and oxygen atoms in total. The third kappa shape index (κ3) is 5.51. The normalized spacial score (nSPS) is 15.4. The molecule has 1 aliphatic heterocycles.